The van der Waals surface area contributed by atoms with Gasteiger partial charge in [0.05, 0.1) is 19.8 Å². The van der Waals surface area contributed by atoms with Crippen LogP contribution in [0.5, 0.6) is 11.6 Å². The first-order valence-electron chi connectivity index (χ1n) is 11.2. The highest BCUT2D eigenvalue weighted by Crippen LogP contribution is 2.39. The zero-order chi connectivity index (χ0) is 23.8. The lowest BCUT2D eigenvalue weighted by atomic mass is 9.79. The molecule has 1 aliphatic heterocycles. The van der Waals surface area contributed by atoms with Crippen LogP contribution in [0.3, 0.4) is 0 Å². The van der Waals surface area contributed by atoms with Crippen LogP contribution in [0.1, 0.15) is 40.5 Å². The summed E-state index contributed by atoms with van der Waals surface area (Å²) in [4.78, 5) is 6.48. The van der Waals surface area contributed by atoms with Gasteiger partial charge in [-0.1, -0.05) is 17.4 Å². The highest BCUT2D eigenvalue weighted by atomic mass is 32.1. The molecule has 176 valence electrons. The number of hydrogen-bond acceptors (Lipinski definition) is 8. The molecule has 33 heavy (non-hydrogen) atoms. The minimum Gasteiger partial charge on any atom is -0.496 e. The molecular formula is C25H33N5O2S. The number of methoxy groups -OCH3 is 2. The Morgan fingerprint density at radius 1 is 0.970 bits per heavy atom. The van der Waals surface area contributed by atoms with Crippen molar-refractivity contribution < 1.29 is 9.47 Å². The number of aromatic nitrogens is 3. The van der Waals surface area contributed by atoms with Gasteiger partial charge in [-0.05, 0) is 69.9 Å². The number of anilines is 1. The summed E-state index contributed by atoms with van der Waals surface area (Å²) in [6, 6.07) is 10.4. The number of pyridine rings is 1. The third kappa shape index (κ3) is 5.12. The van der Waals surface area contributed by atoms with Crippen LogP contribution < -0.4 is 19.7 Å². The van der Waals surface area contributed by atoms with Gasteiger partial charge in [0.1, 0.15) is 5.75 Å². The fourth-order valence-corrected chi connectivity index (χ4v) is 5.82. The summed E-state index contributed by atoms with van der Waals surface area (Å²) in [5, 5.41) is 14.6. The molecular weight excluding hydrogens is 434 g/mol. The Bertz CT molecular complexity index is 1110. The predicted molar refractivity (Wildman–Crippen MR) is 134 cm³/mol. The van der Waals surface area contributed by atoms with Gasteiger partial charge in [0.15, 0.2) is 5.01 Å². The van der Waals surface area contributed by atoms with Gasteiger partial charge in [0, 0.05) is 36.4 Å². The maximum absolute atomic E-state index is 5.73. The van der Waals surface area contributed by atoms with E-state index in [9.17, 15) is 0 Å². The van der Waals surface area contributed by atoms with E-state index in [1.54, 1.807) is 31.8 Å². The molecule has 4 rings (SSSR count). The number of hydrogen-bond donors (Lipinski definition) is 1. The number of ether oxygens (including phenoxy) is 2. The Morgan fingerprint density at radius 3 is 2.33 bits per heavy atom. The van der Waals surface area contributed by atoms with Gasteiger partial charge in [-0.3, -0.25) is 0 Å². The highest BCUT2D eigenvalue weighted by molar-refractivity contribution is 7.18. The lowest BCUT2D eigenvalue weighted by molar-refractivity contribution is 0.161. The van der Waals surface area contributed by atoms with Crippen molar-refractivity contribution in [1.82, 2.24) is 20.5 Å². The topological polar surface area (TPSA) is 72.4 Å². The van der Waals surface area contributed by atoms with Crippen molar-refractivity contribution >= 4 is 16.5 Å². The van der Waals surface area contributed by atoms with Crippen LogP contribution in [0.15, 0.2) is 36.5 Å². The first-order valence-corrected chi connectivity index (χ1v) is 12.0. The molecule has 0 aliphatic carbocycles. The van der Waals surface area contributed by atoms with Crippen LogP contribution in [-0.2, 0) is 0 Å². The van der Waals surface area contributed by atoms with Crippen molar-refractivity contribution in [3.05, 3.63) is 36.5 Å². The molecule has 1 aliphatic rings. The maximum Gasteiger partial charge on any atom is 0.213 e. The van der Waals surface area contributed by atoms with Gasteiger partial charge in [0.25, 0.3) is 0 Å². The summed E-state index contributed by atoms with van der Waals surface area (Å²) in [5.41, 5.74) is 3.12. The first-order chi connectivity index (χ1) is 15.6. The fourth-order valence-electron chi connectivity index (χ4n) is 4.91. The summed E-state index contributed by atoms with van der Waals surface area (Å²) in [5.74, 6) is 1.34. The van der Waals surface area contributed by atoms with Crippen molar-refractivity contribution in [3.8, 4) is 33.3 Å². The van der Waals surface area contributed by atoms with Crippen molar-refractivity contribution in [1.29, 1.82) is 0 Å². The molecule has 3 heterocycles. The van der Waals surface area contributed by atoms with E-state index in [1.807, 2.05) is 24.3 Å². The monoisotopic (exact) mass is 467 g/mol. The van der Waals surface area contributed by atoms with Gasteiger partial charge < -0.3 is 19.7 Å². The first kappa shape index (κ1) is 23.4. The number of rotatable bonds is 6. The molecule has 7 nitrogen and oxygen atoms in total. The molecule has 1 aromatic carbocycles. The van der Waals surface area contributed by atoms with E-state index in [1.165, 1.54) is 0 Å². The Hall–Kier alpha value is -2.71. The normalized spacial score (nSPS) is 17.5. The second kappa shape index (κ2) is 8.91. The second-order valence-corrected chi connectivity index (χ2v) is 10.9. The minimum absolute atomic E-state index is 0.0723. The Kier molecular flexibility index (Phi) is 6.33. The van der Waals surface area contributed by atoms with Gasteiger partial charge in [0.2, 0.25) is 11.0 Å². The quantitative estimate of drug-likeness (QED) is 0.545. The molecule has 1 N–H and O–H groups in total. The summed E-state index contributed by atoms with van der Waals surface area (Å²) in [7, 11) is 5.43. The molecule has 1 saturated heterocycles. The maximum atomic E-state index is 5.73. The van der Waals surface area contributed by atoms with E-state index < -0.39 is 0 Å². The molecule has 0 amide bonds. The number of nitrogens with zero attached hydrogens (tertiary/aromatic N) is 4. The molecule has 0 radical (unpaired) electrons. The van der Waals surface area contributed by atoms with Gasteiger partial charge in [-0.25, -0.2) is 4.98 Å². The largest absolute Gasteiger partial charge is 0.496 e. The summed E-state index contributed by atoms with van der Waals surface area (Å²) < 4.78 is 11.0. The number of piperidine rings is 1. The molecule has 0 bridgehead atoms. The van der Waals surface area contributed by atoms with Crippen LogP contribution in [0.25, 0.3) is 21.7 Å². The van der Waals surface area contributed by atoms with Crippen LogP contribution in [-0.4, -0.2) is 53.6 Å². The van der Waals surface area contributed by atoms with Crippen molar-refractivity contribution in [2.75, 3.05) is 26.2 Å². The average Bonchev–Trinajstić information content (AvgIpc) is 3.26. The summed E-state index contributed by atoms with van der Waals surface area (Å²) in [6.45, 7) is 9.08. The molecule has 3 aromatic rings. The van der Waals surface area contributed by atoms with E-state index in [-0.39, 0.29) is 11.1 Å². The average molecular weight is 468 g/mol. The fraction of sp³-hybridized carbons (Fsp3) is 0.480. The van der Waals surface area contributed by atoms with E-state index in [0.29, 0.717) is 11.9 Å². The van der Waals surface area contributed by atoms with Crippen molar-refractivity contribution in [3.63, 3.8) is 0 Å². The van der Waals surface area contributed by atoms with Crippen molar-refractivity contribution in [2.45, 2.75) is 57.7 Å². The zero-order valence-corrected chi connectivity index (χ0v) is 21.3. The van der Waals surface area contributed by atoms with Crippen LogP contribution >= 0.6 is 11.3 Å². The van der Waals surface area contributed by atoms with Gasteiger partial charge in [-0.2, -0.15) is 0 Å². The molecule has 2 aromatic heterocycles. The lowest BCUT2D eigenvalue weighted by Crippen LogP contribution is -2.61. The molecule has 0 saturated carbocycles. The highest BCUT2D eigenvalue weighted by Gasteiger charge is 2.39. The molecule has 0 unspecified atom stereocenters. The van der Waals surface area contributed by atoms with Gasteiger partial charge in [-0.15, -0.1) is 10.2 Å². The lowest BCUT2D eigenvalue weighted by Gasteiger charge is -2.48. The van der Waals surface area contributed by atoms with Crippen molar-refractivity contribution in [2.24, 2.45) is 0 Å². The van der Waals surface area contributed by atoms with Gasteiger partial charge >= 0.3 is 0 Å². The van der Waals surface area contributed by atoms with Crippen LogP contribution in [0, 0.1) is 0 Å². The Labute approximate surface area is 200 Å². The third-order valence-corrected chi connectivity index (χ3v) is 7.19. The number of nitrogens with one attached hydrogen (secondary N) is 1. The molecule has 1 fully saturated rings. The molecule has 0 spiro atoms. The van der Waals surface area contributed by atoms with Crippen LogP contribution in [0.2, 0.25) is 0 Å². The minimum atomic E-state index is 0.0723. The van der Waals surface area contributed by atoms with Crippen LogP contribution in [0.4, 0.5) is 5.13 Å². The zero-order valence-electron chi connectivity index (χ0n) is 20.5. The van der Waals surface area contributed by atoms with E-state index in [4.69, 9.17) is 9.47 Å². The smallest absolute Gasteiger partial charge is 0.213 e. The molecule has 8 heteroatoms. The van der Waals surface area contributed by atoms with E-state index in [2.05, 4.69) is 66.2 Å². The summed E-state index contributed by atoms with van der Waals surface area (Å²) >= 11 is 1.60. The Morgan fingerprint density at radius 2 is 1.67 bits per heavy atom. The summed E-state index contributed by atoms with van der Waals surface area (Å²) in [6.07, 6.45) is 3.84. The SMILES string of the molecule is COc1cc(-c2ccc(-c3nnc(N(C)C4CC(C)(C)NC(C)(C)C4)s3)c(OC)c2)ccn1. The molecule has 0 atom stereocenters. The standard InChI is InChI=1S/C25H33N5O2S/c1-24(2)14-18(15-25(3,4)29-24)30(5)23-28-27-22(33-23)19-9-8-16(12-20(19)31-6)17-10-11-26-21(13-17)32-7/h8-13,18,29H,14-15H2,1-7H3. The third-order valence-electron chi connectivity index (χ3n) is 6.14. The van der Waals surface area contributed by atoms with E-state index in [0.717, 1.165) is 45.4 Å². The predicted octanol–water partition coefficient (Wildman–Crippen LogP) is 5.03. The Balaban J connectivity index is 1.60. The van der Waals surface area contributed by atoms with E-state index >= 15 is 0 Å². The second-order valence-electron chi connectivity index (χ2n) is 9.96. The number of benzene rings is 1.